The molecule has 0 aliphatic rings. The van der Waals surface area contributed by atoms with E-state index in [0.717, 1.165) is 43.2 Å². The van der Waals surface area contributed by atoms with Crippen LogP contribution >= 0.6 is 22.7 Å². The van der Waals surface area contributed by atoms with Crippen LogP contribution in [0.1, 0.15) is 0 Å². The Bertz CT molecular complexity index is 3510. The molecule has 0 amide bonds. The molecule has 7 heteroatoms. The van der Waals surface area contributed by atoms with Crippen LogP contribution < -0.4 is 0 Å². The van der Waals surface area contributed by atoms with Crippen molar-refractivity contribution in [1.29, 1.82) is 0 Å². The van der Waals surface area contributed by atoms with E-state index in [1.54, 1.807) is 11.3 Å². The lowest BCUT2D eigenvalue weighted by Gasteiger charge is -2.10. The Labute approximate surface area is 347 Å². The van der Waals surface area contributed by atoms with Gasteiger partial charge < -0.3 is 4.57 Å². The zero-order valence-corrected chi connectivity index (χ0v) is 33.1. The Morgan fingerprint density at radius 2 is 0.983 bits per heavy atom. The molecule has 12 rings (SSSR count). The van der Waals surface area contributed by atoms with Crippen LogP contribution in [0.3, 0.4) is 0 Å². The predicted octanol–water partition coefficient (Wildman–Crippen LogP) is 14.3. The molecule has 0 saturated carbocycles. The fourth-order valence-electron chi connectivity index (χ4n) is 8.30. The Morgan fingerprint density at radius 3 is 1.78 bits per heavy atom. The highest BCUT2D eigenvalue weighted by atomic mass is 32.1. The van der Waals surface area contributed by atoms with Crippen molar-refractivity contribution < 1.29 is 0 Å². The molecule has 0 bridgehead atoms. The molecule has 0 radical (unpaired) electrons. The van der Waals surface area contributed by atoms with Crippen molar-refractivity contribution in [3.63, 3.8) is 0 Å². The van der Waals surface area contributed by atoms with Crippen molar-refractivity contribution in [1.82, 2.24) is 24.5 Å². The van der Waals surface area contributed by atoms with E-state index in [9.17, 15) is 0 Å². The third-order valence-electron chi connectivity index (χ3n) is 11.1. The average Bonchev–Trinajstić information content (AvgIpc) is 4.01. The van der Waals surface area contributed by atoms with Gasteiger partial charge in [0.25, 0.3) is 0 Å². The number of hydrogen-bond acceptors (Lipinski definition) is 6. The van der Waals surface area contributed by atoms with Gasteiger partial charge in [0.2, 0.25) is 0 Å². The van der Waals surface area contributed by atoms with E-state index in [1.807, 2.05) is 72.0 Å². The van der Waals surface area contributed by atoms with Gasteiger partial charge in [-0.1, -0.05) is 133 Å². The van der Waals surface area contributed by atoms with Crippen LogP contribution in [0.4, 0.5) is 0 Å². The molecule has 0 saturated heterocycles. The second kappa shape index (κ2) is 13.7. The quantitative estimate of drug-likeness (QED) is 0.168. The number of para-hydroxylation sites is 1. The van der Waals surface area contributed by atoms with Gasteiger partial charge >= 0.3 is 0 Å². The second-order valence-electron chi connectivity index (χ2n) is 14.7. The van der Waals surface area contributed by atoms with Gasteiger partial charge in [0, 0.05) is 58.9 Å². The van der Waals surface area contributed by atoms with E-state index < -0.39 is 0 Å². The van der Waals surface area contributed by atoms with Gasteiger partial charge in [0.15, 0.2) is 17.5 Å². The Morgan fingerprint density at radius 1 is 0.356 bits per heavy atom. The van der Waals surface area contributed by atoms with E-state index in [0.29, 0.717) is 17.5 Å². The van der Waals surface area contributed by atoms with Gasteiger partial charge in [-0.2, -0.15) is 0 Å². The Kier molecular flexibility index (Phi) is 7.82. The van der Waals surface area contributed by atoms with E-state index in [2.05, 4.69) is 132 Å². The number of fused-ring (bicyclic) bond motifs is 7. The molecule has 0 aliphatic carbocycles. The van der Waals surface area contributed by atoms with Crippen molar-refractivity contribution in [2.24, 2.45) is 0 Å². The SMILES string of the molecule is c1ccc(-c2nc(-c3ccccc3)nc(-c3ccc4nc(-c5cccc(-n6c7ccccc7c7cc(-c8cccc9c8sc8ccccc89)ccc76)c5)sc4c3)n2)cc1. The molecule has 0 unspecified atom stereocenters. The third-order valence-corrected chi connectivity index (χ3v) is 13.4. The van der Waals surface area contributed by atoms with Gasteiger partial charge in [-0.25, -0.2) is 19.9 Å². The first-order chi connectivity index (χ1) is 29.2. The van der Waals surface area contributed by atoms with Crippen LogP contribution in [-0.4, -0.2) is 24.5 Å². The molecule has 8 aromatic carbocycles. The maximum Gasteiger partial charge on any atom is 0.164 e. The van der Waals surface area contributed by atoms with Gasteiger partial charge in [-0.3, -0.25) is 0 Å². The fraction of sp³-hybridized carbons (Fsp3) is 0. The normalized spacial score (nSPS) is 11.7. The second-order valence-corrected chi connectivity index (χ2v) is 16.7. The van der Waals surface area contributed by atoms with Crippen LogP contribution in [0.2, 0.25) is 0 Å². The Balaban J connectivity index is 0.939. The highest BCUT2D eigenvalue weighted by molar-refractivity contribution is 7.26. The first-order valence-electron chi connectivity index (χ1n) is 19.5. The highest BCUT2D eigenvalue weighted by Crippen LogP contribution is 2.42. The molecular weight excluding hydrogens is 759 g/mol. The lowest BCUT2D eigenvalue weighted by Crippen LogP contribution is -1.99. The van der Waals surface area contributed by atoms with Crippen LogP contribution in [0.15, 0.2) is 188 Å². The molecule has 12 aromatic rings. The molecule has 0 N–H and O–H groups in total. The van der Waals surface area contributed by atoms with Gasteiger partial charge in [-0.05, 0) is 65.7 Å². The molecule has 4 heterocycles. The predicted molar refractivity (Wildman–Crippen MR) is 247 cm³/mol. The fourth-order valence-corrected chi connectivity index (χ4v) is 10.5. The van der Waals surface area contributed by atoms with Crippen LogP contribution in [0.25, 0.3) is 114 Å². The third kappa shape index (κ3) is 5.74. The number of aromatic nitrogens is 5. The zero-order chi connectivity index (χ0) is 38.9. The van der Waals surface area contributed by atoms with E-state index >= 15 is 0 Å². The lowest BCUT2D eigenvalue weighted by molar-refractivity contribution is 1.07. The van der Waals surface area contributed by atoms with Crippen molar-refractivity contribution in [2.75, 3.05) is 0 Å². The first-order valence-corrected chi connectivity index (χ1v) is 21.2. The maximum absolute atomic E-state index is 5.14. The van der Waals surface area contributed by atoms with Crippen molar-refractivity contribution >= 4 is 74.9 Å². The summed E-state index contributed by atoms with van der Waals surface area (Å²) in [6.07, 6.45) is 0. The largest absolute Gasteiger partial charge is 0.309 e. The van der Waals surface area contributed by atoms with Crippen LogP contribution in [0.5, 0.6) is 0 Å². The minimum absolute atomic E-state index is 0.631. The number of thiazole rings is 1. The van der Waals surface area contributed by atoms with E-state index in [-0.39, 0.29) is 0 Å². The van der Waals surface area contributed by atoms with Gasteiger partial charge in [0.1, 0.15) is 5.01 Å². The van der Waals surface area contributed by atoms with Gasteiger partial charge in [0.05, 0.1) is 21.3 Å². The molecule has 4 aromatic heterocycles. The average molecular weight is 790 g/mol. The van der Waals surface area contributed by atoms with Crippen molar-refractivity contribution in [3.05, 3.63) is 188 Å². The molecule has 276 valence electrons. The van der Waals surface area contributed by atoms with E-state index in [1.165, 1.54) is 53.1 Å². The zero-order valence-electron chi connectivity index (χ0n) is 31.5. The smallest absolute Gasteiger partial charge is 0.164 e. The maximum atomic E-state index is 5.14. The lowest BCUT2D eigenvalue weighted by atomic mass is 10.0. The van der Waals surface area contributed by atoms with Gasteiger partial charge in [-0.15, -0.1) is 22.7 Å². The molecule has 0 aliphatic heterocycles. The minimum Gasteiger partial charge on any atom is -0.309 e. The van der Waals surface area contributed by atoms with E-state index in [4.69, 9.17) is 19.9 Å². The number of hydrogen-bond donors (Lipinski definition) is 0. The summed E-state index contributed by atoms with van der Waals surface area (Å²) >= 11 is 3.56. The summed E-state index contributed by atoms with van der Waals surface area (Å²) in [5.41, 5.74) is 10.8. The molecule has 5 nitrogen and oxygen atoms in total. The molecule has 0 spiro atoms. The summed E-state index contributed by atoms with van der Waals surface area (Å²) in [4.78, 5) is 19.9. The number of nitrogens with zero attached hydrogens (tertiary/aromatic N) is 5. The molecule has 0 fully saturated rings. The number of rotatable bonds is 6. The Hall–Kier alpha value is -7.32. The minimum atomic E-state index is 0.631. The molecule has 59 heavy (non-hydrogen) atoms. The summed E-state index contributed by atoms with van der Waals surface area (Å²) in [5.74, 6) is 1.92. The summed E-state index contributed by atoms with van der Waals surface area (Å²) in [6, 6.07) is 66.3. The van der Waals surface area contributed by atoms with Crippen molar-refractivity contribution in [2.45, 2.75) is 0 Å². The summed E-state index contributed by atoms with van der Waals surface area (Å²) in [5, 5.41) is 6.06. The topological polar surface area (TPSA) is 56.5 Å². The highest BCUT2D eigenvalue weighted by Gasteiger charge is 2.18. The summed E-state index contributed by atoms with van der Waals surface area (Å²) in [6.45, 7) is 0. The summed E-state index contributed by atoms with van der Waals surface area (Å²) in [7, 11) is 0. The number of thiophene rings is 1. The first kappa shape index (κ1) is 33.8. The number of benzene rings is 8. The van der Waals surface area contributed by atoms with Crippen LogP contribution in [-0.2, 0) is 0 Å². The molecule has 0 atom stereocenters. The molecular formula is C52H31N5S2. The summed E-state index contributed by atoms with van der Waals surface area (Å²) < 4.78 is 6.11. The monoisotopic (exact) mass is 789 g/mol. The van der Waals surface area contributed by atoms with Crippen molar-refractivity contribution in [3.8, 4) is 61.5 Å². The standard InChI is InChI=1S/C52H31N5S2/c1-3-13-32(14-4-1)49-54-50(33-15-5-2-6-16-33)56-51(55-49)35-25-27-43-47(31-35)59-52(53-43)36-17-11-18-37(29-36)57-44-23-9-7-19-39(44)42-30-34(26-28-45(42)57)38-21-12-22-41-40-20-8-10-24-46(40)58-48(38)41/h1-31H. The van der Waals surface area contributed by atoms with Crippen LogP contribution in [0, 0.1) is 0 Å².